The molecule has 76 valence electrons. The zero-order valence-electron chi connectivity index (χ0n) is 7.75. The minimum absolute atomic E-state index is 0.345. The second-order valence-electron chi connectivity index (χ2n) is 2.94. The van der Waals surface area contributed by atoms with Crippen LogP contribution in [-0.2, 0) is 0 Å². The topological polar surface area (TPSA) is 70.7 Å². The molecule has 2 N–H and O–H groups in total. The fraction of sp³-hybridized carbons (Fsp3) is 0.300. The van der Waals surface area contributed by atoms with E-state index in [9.17, 15) is 9.90 Å². The summed E-state index contributed by atoms with van der Waals surface area (Å²) >= 11 is 0. The summed E-state index contributed by atoms with van der Waals surface area (Å²) < 4.78 is 4.77. The molecule has 0 bridgehead atoms. The van der Waals surface area contributed by atoms with Crippen molar-refractivity contribution in [2.24, 2.45) is 0 Å². The lowest BCUT2D eigenvalue weighted by atomic mass is 10.2. The minimum Gasteiger partial charge on any atom is -0.423 e. The summed E-state index contributed by atoms with van der Waals surface area (Å²) in [6.45, 7) is 1.47. The molecule has 0 radical (unpaired) electrons. The van der Waals surface area contributed by atoms with Gasteiger partial charge in [0.2, 0.25) is 0 Å². The number of rotatable bonds is 3. The number of aliphatic hydroxyl groups is 2. The van der Waals surface area contributed by atoms with Gasteiger partial charge in [0.15, 0.2) is 0 Å². The first-order chi connectivity index (χ1) is 6.59. The highest BCUT2D eigenvalue weighted by molar-refractivity contribution is 5.42. The van der Waals surface area contributed by atoms with E-state index in [0.29, 0.717) is 5.76 Å². The van der Waals surface area contributed by atoms with Gasteiger partial charge in [-0.15, -0.1) is 0 Å². The van der Waals surface area contributed by atoms with E-state index < -0.39 is 17.8 Å². The molecule has 0 spiro atoms. The fourth-order valence-corrected chi connectivity index (χ4v) is 0.850. The van der Waals surface area contributed by atoms with Gasteiger partial charge < -0.3 is 14.6 Å². The van der Waals surface area contributed by atoms with Gasteiger partial charge in [0.1, 0.15) is 5.76 Å². The van der Waals surface area contributed by atoms with Crippen LogP contribution in [0.15, 0.2) is 33.5 Å². The molecule has 4 heteroatoms. The normalized spacial score (nSPS) is 15.6. The molecule has 1 heterocycles. The third-order valence-corrected chi connectivity index (χ3v) is 1.66. The van der Waals surface area contributed by atoms with Crippen molar-refractivity contribution >= 4 is 6.08 Å². The van der Waals surface area contributed by atoms with Crippen LogP contribution in [0.5, 0.6) is 0 Å². The average molecular weight is 196 g/mol. The van der Waals surface area contributed by atoms with Gasteiger partial charge in [-0.1, -0.05) is 6.07 Å². The van der Waals surface area contributed by atoms with Crippen molar-refractivity contribution < 1.29 is 14.6 Å². The first-order valence-corrected chi connectivity index (χ1v) is 4.24. The molecule has 0 fully saturated rings. The molecule has 4 nitrogen and oxygen atoms in total. The molecular formula is C10H12O4. The number of hydrogen-bond acceptors (Lipinski definition) is 4. The Bertz CT molecular complexity index is 364. The Labute approximate surface area is 81.1 Å². The number of aliphatic hydroxyl groups excluding tert-OH is 2. The van der Waals surface area contributed by atoms with Gasteiger partial charge in [-0.2, -0.15) is 0 Å². The molecule has 1 rings (SSSR count). The Morgan fingerprint density at radius 2 is 2.14 bits per heavy atom. The van der Waals surface area contributed by atoms with Crippen LogP contribution in [0.1, 0.15) is 12.7 Å². The van der Waals surface area contributed by atoms with Crippen molar-refractivity contribution in [2.45, 2.75) is 19.1 Å². The summed E-state index contributed by atoms with van der Waals surface area (Å²) in [4.78, 5) is 10.8. The first kappa shape index (κ1) is 10.7. The Morgan fingerprint density at radius 3 is 2.71 bits per heavy atom. The van der Waals surface area contributed by atoms with E-state index >= 15 is 0 Å². The van der Waals surface area contributed by atoms with Gasteiger partial charge in [-0.3, -0.25) is 0 Å². The minimum atomic E-state index is -0.958. The van der Waals surface area contributed by atoms with E-state index in [1.807, 2.05) is 0 Å². The van der Waals surface area contributed by atoms with E-state index in [2.05, 4.69) is 0 Å². The van der Waals surface area contributed by atoms with Crippen molar-refractivity contribution in [2.75, 3.05) is 0 Å². The van der Waals surface area contributed by atoms with Crippen LogP contribution >= 0.6 is 0 Å². The van der Waals surface area contributed by atoms with Crippen molar-refractivity contribution in [3.8, 4) is 0 Å². The molecule has 14 heavy (non-hydrogen) atoms. The van der Waals surface area contributed by atoms with Gasteiger partial charge >= 0.3 is 5.63 Å². The molecular weight excluding hydrogens is 184 g/mol. The van der Waals surface area contributed by atoms with E-state index in [1.54, 1.807) is 12.1 Å². The van der Waals surface area contributed by atoms with E-state index in [1.165, 1.54) is 25.1 Å². The fourth-order valence-electron chi connectivity index (χ4n) is 0.850. The molecule has 0 amide bonds. The largest absolute Gasteiger partial charge is 0.423 e. The van der Waals surface area contributed by atoms with Gasteiger partial charge in [0, 0.05) is 6.07 Å². The zero-order chi connectivity index (χ0) is 10.6. The molecule has 0 saturated carbocycles. The lowest BCUT2D eigenvalue weighted by molar-refractivity contribution is 0.0623. The van der Waals surface area contributed by atoms with E-state index in [0.717, 1.165) is 0 Å². The second-order valence-corrected chi connectivity index (χ2v) is 2.94. The maximum absolute atomic E-state index is 10.8. The second kappa shape index (κ2) is 4.74. The third-order valence-electron chi connectivity index (χ3n) is 1.66. The predicted octanol–water partition coefficient (Wildman–Crippen LogP) is 0.395. The van der Waals surface area contributed by atoms with E-state index in [4.69, 9.17) is 9.52 Å². The molecule has 0 aliphatic rings. The highest BCUT2D eigenvalue weighted by Crippen LogP contribution is 2.01. The van der Waals surface area contributed by atoms with Crippen molar-refractivity contribution in [1.29, 1.82) is 0 Å². The Kier molecular flexibility index (Phi) is 3.62. The quantitative estimate of drug-likeness (QED) is 0.733. The van der Waals surface area contributed by atoms with Crippen LogP contribution in [-0.4, -0.2) is 22.4 Å². The van der Waals surface area contributed by atoms with Gasteiger partial charge in [0.05, 0.1) is 12.2 Å². The van der Waals surface area contributed by atoms with Crippen LogP contribution < -0.4 is 5.63 Å². The third kappa shape index (κ3) is 3.16. The molecule has 0 aromatic carbocycles. The Hall–Kier alpha value is -1.39. The molecule has 0 saturated heterocycles. The SMILES string of the molecule is C[C@@H](O)[C@H](O)C=Cc1cccc(=O)o1. The summed E-state index contributed by atoms with van der Waals surface area (Å²) in [5, 5.41) is 18.2. The molecule has 2 atom stereocenters. The summed E-state index contributed by atoms with van der Waals surface area (Å²) in [5.41, 5.74) is -0.446. The van der Waals surface area contributed by atoms with Crippen molar-refractivity contribution in [1.82, 2.24) is 0 Å². The first-order valence-electron chi connectivity index (χ1n) is 4.24. The Morgan fingerprint density at radius 1 is 1.43 bits per heavy atom. The molecule has 1 aromatic rings. The molecule has 0 unspecified atom stereocenters. The highest BCUT2D eigenvalue weighted by Gasteiger charge is 2.05. The van der Waals surface area contributed by atoms with Crippen LogP contribution in [0, 0.1) is 0 Å². The maximum Gasteiger partial charge on any atom is 0.336 e. The van der Waals surface area contributed by atoms with Crippen molar-refractivity contribution in [3.05, 3.63) is 40.5 Å². The maximum atomic E-state index is 10.8. The van der Waals surface area contributed by atoms with Crippen LogP contribution in [0.3, 0.4) is 0 Å². The lowest BCUT2D eigenvalue weighted by Gasteiger charge is -2.06. The summed E-state index contributed by atoms with van der Waals surface area (Å²) in [6.07, 6.45) is 1.00. The molecule has 1 aromatic heterocycles. The monoisotopic (exact) mass is 196 g/mol. The van der Waals surface area contributed by atoms with Crippen LogP contribution in [0.4, 0.5) is 0 Å². The smallest absolute Gasteiger partial charge is 0.336 e. The van der Waals surface area contributed by atoms with Crippen molar-refractivity contribution in [3.63, 3.8) is 0 Å². The number of hydrogen-bond donors (Lipinski definition) is 2. The summed E-state index contributed by atoms with van der Waals surface area (Å²) in [7, 11) is 0. The molecule has 0 aliphatic heterocycles. The summed E-state index contributed by atoms with van der Waals surface area (Å²) in [5.74, 6) is 0.345. The Balaban J connectivity index is 2.73. The summed E-state index contributed by atoms with van der Waals surface area (Å²) in [6, 6.07) is 4.44. The van der Waals surface area contributed by atoms with E-state index in [-0.39, 0.29) is 0 Å². The lowest BCUT2D eigenvalue weighted by Crippen LogP contribution is -2.19. The van der Waals surface area contributed by atoms with Gasteiger partial charge in [0.25, 0.3) is 0 Å². The highest BCUT2D eigenvalue weighted by atomic mass is 16.4. The average Bonchev–Trinajstić information content (AvgIpc) is 2.14. The van der Waals surface area contributed by atoms with Gasteiger partial charge in [-0.25, -0.2) is 4.79 Å². The zero-order valence-corrected chi connectivity index (χ0v) is 7.75. The predicted molar refractivity (Wildman–Crippen MR) is 51.7 cm³/mol. The van der Waals surface area contributed by atoms with Gasteiger partial charge in [-0.05, 0) is 25.1 Å². The standard InChI is InChI=1S/C10H12O4/c1-7(11)9(12)6-5-8-3-2-4-10(13)14-8/h2-7,9,11-12H,1H3/t7-,9-/m1/s1. The molecule has 0 aliphatic carbocycles. The van der Waals surface area contributed by atoms with Crippen LogP contribution in [0.25, 0.3) is 6.08 Å². The van der Waals surface area contributed by atoms with Crippen LogP contribution in [0.2, 0.25) is 0 Å².